The van der Waals surface area contributed by atoms with E-state index in [9.17, 15) is 43.5 Å². The summed E-state index contributed by atoms with van der Waals surface area (Å²) in [6.07, 6.45) is 100. The Bertz CT molecular complexity index is 2420. The summed E-state index contributed by atoms with van der Waals surface area (Å²) < 4.78 is 61.3. The number of aliphatic hydroxyl groups excluding tert-OH is 2. The molecule has 0 aliphatic heterocycles. The SMILES string of the molecule is CCCCC/C=C\C/C=C\C/C=C\C/C=C\CCCCCCCCCCCCCCCCCCCC(=O)OCC(O)COP(=O)(O)OCC(O)COP(=O)(O)OCC(COC(=O)CCCCCCCCCCC/C=C\C/C=C\C/C=C\C/C=C\CCCCC)OC(=O)CCCCCCC/C=C\CCCCCCCC. The third-order valence-electron chi connectivity index (χ3n) is 18.9. The van der Waals surface area contributed by atoms with Gasteiger partial charge in [0.15, 0.2) is 6.10 Å². The van der Waals surface area contributed by atoms with Crippen molar-refractivity contribution in [1.29, 1.82) is 0 Å². The van der Waals surface area contributed by atoms with Crippen LogP contribution in [-0.2, 0) is 55.8 Å². The lowest BCUT2D eigenvalue weighted by Gasteiger charge is -2.21. The van der Waals surface area contributed by atoms with Gasteiger partial charge in [-0.25, -0.2) is 9.13 Å². The van der Waals surface area contributed by atoms with Crippen molar-refractivity contribution in [2.45, 2.75) is 411 Å². The number of hydrogen-bond acceptors (Lipinski definition) is 14. The predicted molar refractivity (Wildman–Crippen MR) is 454 cm³/mol. The van der Waals surface area contributed by atoms with Crippen molar-refractivity contribution in [2.75, 3.05) is 39.6 Å². The highest BCUT2D eigenvalue weighted by Gasteiger charge is 2.29. The fourth-order valence-corrected chi connectivity index (χ4v) is 13.8. The lowest BCUT2D eigenvalue weighted by molar-refractivity contribution is -0.161. The van der Waals surface area contributed by atoms with Gasteiger partial charge in [-0.2, -0.15) is 0 Å². The standard InChI is InChI=1S/C91H162O16P2/c1-4-7-10-13-16-19-22-25-28-30-32-34-36-38-39-40-41-42-43-44-45-47-49-50-52-54-57-59-62-65-68-71-74-77-89(94)101-80-86(92)81-103-108(97,98)104-82-87(93)83-105-109(99,100)106-85-88(107-91(96)79-76-73-70-67-64-61-56-27-24-21-18-15-12-9-6-3)84-102-90(95)78-75-72-69-66-63-60-58-55-53-51-48-46-37-35-33-31-29-26-23-20-17-14-11-8-5-2/h16-17,19-20,25-29,32-35,38-39,46,48,56,86-88,92-93H,4-15,18,21-24,30-31,36-37,40-45,47,49-55,57-85H2,1-3H3,(H,97,98)(H,99,100)/b19-16-,20-17-,28-25-,29-26-,34-32-,35-33-,39-38-,48-46-,56-27-. The third-order valence-corrected chi connectivity index (χ3v) is 20.8. The predicted octanol–water partition coefficient (Wildman–Crippen LogP) is 26.7. The molecule has 0 spiro atoms. The van der Waals surface area contributed by atoms with Crippen molar-refractivity contribution in [3.63, 3.8) is 0 Å². The van der Waals surface area contributed by atoms with E-state index >= 15 is 0 Å². The number of allylic oxidation sites excluding steroid dienone is 18. The van der Waals surface area contributed by atoms with Gasteiger partial charge in [-0.1, -0.05) is 348 Å². The van der Waals surface area contributed by atoms with Gasteiger partial charge in [0.05, 0.1) is 26.4 Å². The number of ether oxygens (including phenoxy) is 3. The summed E-state index contributed by atoms with van der Waals surface area (Å²) >= 11 is 0. The van der Waals surface area contributed by atoms with E-state index in [2.05, 4.69) is 130 Å². The summed E-state index contributed by atoms with van der Waals surface area (Å²) in [5, 5.41) is 20.7. The van der Waals surface area contributed by atoms with Crippen molar-refractivity contribution < 1.29 is 75.8 Å². The Morgan fingerprint density at radius 2 is 0.459 bits per heavy atom. The quantitative estimate of drug-likeness (QED) is 0.0146. The number of rotatable bonds is 84. The van der Waals surface area contributed by atoms with Gasteiger partial charge in [-0.05, 0) is 135 Å². The van der Waals surface area contributed by atoms with Gasteiger partial charge >= 0.3 is 33.6 Å². The molecule has 0 rings (SSSR count). The summed E-state index contributed by atoms with van der Waals surface area (Å²) in [4.78, 5) is 58.8. The molecule has 0 heterocycles. The number of unbranched alkanes of at least 4 members (excludes halogenated alkanes) is 43. The van der Waals surface area contributed by atoms with Gasteiger partial charge in [0.25, 0.3) is 0 Å². The van der Waals surface area contributed by atoms with Crippen molar-refractivity contribution in [3.8, 4) is 0 Å². The average molecular weight is 1570 g/mol. The van der Waals surface area contributed by atoms with E-state index in [4.69, 9.17) is 32.3 Å². The number of esters is 3. The van der Waals surface area contributed by atoms with Gasteiger partial charge < -0.3 is 34.2 Å². The van der Waals surface area contributed by atoms with E-state index in [0.29, 0.717) is 19.3 Å². The minimum Gasteiger partial charge on any atom is -0.463 e. The Morgan fingerprint density at radius 1 is 0.257 bits per heavy atom. The first kappa shape index (κ1) is 105. The minimum absolute atomic E-state index is 0.0940. The molecule has 0 fully saturated rings. The van der Waals surface area contributed by atoms with E-state index in [-0.39, 0.29) is 19.3 Å². The molecule has 0 radical (unpaired) electrons. The highest BCUT2D eigenvalue weighted by atomic mass is 31.2. The van der Waals surface area contributed by atoms with Crippen LogP contribution >= 0.6 is 15.6 Å². The van der Waals surface area contributed by atoms with Gasteiger partial charge in [-0.15, -0.1) is 0 Å². The molecular formula is C91H162O16P2. The molecule has 0 aliphatic rings. The van der Waals surface area contributed by atoms with Gasteiger partial charge in [0, 0.05) is 19.3 Å². The maximum Gasteiger partial charge on any atom is 0.472 e. The molecule has 0 amide bonds. The normalized spacial score (nSPS) is 14.4. The summed E-state index contributed by atoms with van der Waals surface area (Å²) in [5.74, 6) is -1.57. The van der Waals surface area contributed by atoms with Crippen LogP contribution in [0.5, 0.6) is 0 Å². The second-order valence-corrected chi connectivity index (χ2v) is 32.6. The molecule has 0 aliphatic carbocycles. The Morgan fingerprint density at radius 3 is 0.752 bits per heavy atom. The van der Waals surface area contributed by atoms with E-state index in [1.54, 1.807) is 0 Å². The number of phosphoric ester groups is 2. The minimum atomic E-state index is -4.94. The van der Waals surface area contributed by atoms with E-state index in [1.165, 1.54) is 205 Å². The topological polar surface area (TPSA) is 231 Å². The van der Waals surface area contributed by atoms with Crippen LogP contribution in [0.4, 0.5) is 0 Å². The van der Waals surface area contributed by atoms with Crippen molar-refractivity contribution in [3.05, 3.63) is 109 Å². The average Bonchev–Trinajstić information content (AvgIpc) is 0.903. The molecule has 16 nitrogen and oxygen atoms in total. The second-order valence-electron chi connectivity index (χ2n) is 29.7. The number of hydrogen-bond donors (Lipinski definition) is 4. The molecule has 0 saturated carbocycles. The highest BCUT2D eigenvalue weighted by Crippen LogP contribution is 2.45. The van der Waals surface area contributed by atoms with Crippen LogP contribution < -0.4 is 0 Å². The van der Waals surface area contributed by atoms with Gasteiger partial charge in [0.2, 0.25) is 0 Å². The zero-order valence-electron chi connectivity index (χ0n) is 69.5. The first-order valence-electron chi connectivity index (χ1n) is 44.2. The zero-order valence-corrected chi connectivity index (χ0v) is 71.3. The van der Waals surface area contributed by atoms with Crippen LogP contribution in [0, 0.1) is 0 Å². The lowest BCUT2D eigenvalue weighted by atomic mass is 10.0. The second kappa shape index (κ2) is 83.6. The molecule has 4 N–H and O–H groups in total. The fraction of sp³-hybridized carbons (Fsp3) is 0.769. The van der Waals surface area contributed by atoms with Crippen LogP contribution in [0.15, 0.2) is 109 Å². The summed E-state index contributed by atoms with van der Waals surface area (Å²) in [6, 6.07) is 0. The Labute approximate surface area is 666 Å². The monoisotopic (exact) mass is 1570 g/mol. The summed E-state index contributed by atoms with van der Waals surface area (Å²) in [7, 11) is -9.79. The number of carbonyl (C=O) groups is 3. The van der Waals surface area contributed by atoms with Crippen LogP contribution in [0.3, 0.4) is 0 Å². The molecule has 0 saturated heterocycles. The first-order chi connectivity index (χ1) is 53.2. The highest BCUT2D eigenvalue weighted by molar-refractivity contribution is 7.47. The maximum absolute atomic E-state index is 13.0. The summed E-state index contributed by atoms with van der Waals surface area (Å²) in [5.41, 5.74) is 0. The van der Waals surface area contributed by atoms with Crippen molar-refractivity contribution in [1.82, 2.24) is 0 Å². The van der Waals surface area contributed by atoms with Gasteiger partial charge in [-0.3, -0.25) is 32.5 Å². The van der Waals surface area contributed by atoms with Crippen LogP contribution in [0.2, 0.25) is 0 Å². The molecule has 18 heteroatoms. The number of carbonyl (C=O) groups excluding carboxylic acids is 3. The molecule has 632 valence electrons. The Hall–Kier alpha value is -3.79. The largest absolute Gasteiger partial charge is 0.472 e. The Balaban J connectivity index is 4.45. The molecule has 0 aromatic heterocycles. The molecule has 109 heavy (non-hydrogen) atoms. The maximum atomic E-state index is 13.0. The van der Waals surface area contributed by atoms with Crippen LogP contribution in [0.1, 0.15) is 393 Å². The van der Waals surface area contributed by atoms with Crippen molar-refractivity contribution in [2.24, 2.45) is 0 Å². The van der Waals surface area contributed by atoms with E-state index < -0.39 is 91.5 Å². The number of phosphoric acid groups is 2. The van der Waals surface area contributed by atoms with E-state index in [1.807, 2.05) is 0 Å². The smallest absolute Gasteiger partial charge is 0.463 e. The zero-order chi connectivity index (χ0) is 79.4. The fourth-order valence-electron chi connectivity index (χ4n) is 12.2. The molecular weight excluding hydrogens is 1410 g/mol. The Kier molecular flexibility index (Phi) is 80.7. The molecule has 5 unspecified atom stereocenters. The first-order valence-corrected chi connectivity index (χ1v) is 47.2. The third kappa shape index (κ3) is 84.9. The van der Waals surface area contributed by atoms with E-state index in [0.717, 1.165) is 128 Å². The lowest BCUT2D eigenvalue weighted by Crippen LogP contribution is -2.30. The molecule has 0 aromatic rings. The summed E-state index contributed by atoms with van der Waals surface area (Å²) in [6.45, 7) is 2.66. The van der Waals surface area contributed by atoms with Crippen molar-refractivity contribution >= 4 is 33.6 Å². The number of aliphatic hydroxyl groups is 2. The van der Waals surface area contributed by atoms with Gasteiger partial charge in [0.1, 0.15) is 25.4 Å². The molecule has 0 bridgehead atoms. The molecule has 5 atom stereocenters. The molecule has 0 aromatic carbocycles. The van der Waals surface area contributed by atoms with Crippen LogP contribution in [0.25, 0.3) is 0 Å². The van der Waals surface area contributed by atoms with Crippen LogP contribution in [-0.4, -0.2) is 95.9 Å².